The van der Waals surface area contributed by atoms with Gasteiger partial charge in [-0.25, -0.2) is 33.7 Å². The molecule has 0 spiro atoms. The molecule has 0 radical (unpaired) electrons. The first-order valence-electron chi connectivity index (χ1n) is 15.8. The van der Waals surface area contributed by atoms with E-state index in [1.165, 1.54) is 47.7 Å². The van der Waals surface area contributed by atoms with Gasteiger partial charge in [0.05, 0.1) is 52.7 Å². The van der Waals surface area contributed by atoms with E-state index in [2.05, 4.69) is 13.8 Å². The molecule has 2 heterocycles. The SMILES string of the molecule is CCCC[N+]1(CCOCC[N+]2(CCCC)CCOCC2)CCOCC1.O=S(=O)([N-]S(=O)(=O)C(F)(F)F)C(F)(F)F.O=S(=O)([N-]S(=O)(=O)C(F)(F)F)C(F)(F)F. The molecule has 0 N–H and O–H groups in total. The van der Waals surface area contributed by atoms with Gasteiger partial charge in [-0.3, -0.25) is 0 Å². The lowest BCUT2D eigenvalue weighted by Crippen LogP contribution is -2.58. The Balaban J connectivity index is 0.000000846. The largest absolute Gasteiger partial charge is 0.480 e. The molecule has 332 valence electrons. The zero-order valence-electron chi connectivity index (χ0n) is 29.2. The van der Waals surface area contributed by atoms with Crippen LogP contribution in [0, 0.1) is 0 Å². The summed E-state index contributed by atoms with van der Waals surface area (Å²) in [4.78, 5) is 0. The Bertz CT molecular complexity index is 1390. The molecule has 0 amide bonds. The summed E-state index contributed by atoms with van der Waals surface area (Å²) in [6.07, 6.45) is 5.19. The van der Waals surface area contributed by atoms with Gasteiger partial charge in [0.2, 0.25) is 0 Å². The highest BCUT2D eigenvalue weighted by Gasteiger charge is 2.48. The second-order valence-electron chi connectivity index (χ2n) is 11.8. The van der Waals surface area contributed by atoms with Crippen LogP contribution in [0.4, 0.5) is 52.7 Å². The average Bonchev–Trinajstić information content (AvgIpc) is 3.01. The summed E-state index contributed by atoms with van der Waals surface area (Å²) in [6.45, 7) is 19.6. The van der Waals surface area contributed by atoms with E-state index in [-0.39, 0.29) is 0 Å². The molecule has 55 heavy (non-hydrogen) atoms. The van der Waals surface area contributed by atoms with E-state index in [4.69, 9.17) is 14.2 Å². The molecule has 2 aliphatic rings. The third kappa shape index (κ3) is 18.0. The molecule has 2 rings (SSSR count). The minimum atomic E-state index is -6.72. The van der Waals surface area contributed by atoms with E-state index in [9.17, 15) is 86.4 Å². The summed E-state index contributed by atoms with van der Waals surface area (Å²) in [5.74, 6) is 0. The van der Waals surface area contributed by atoms with E-state index in [0.717, 1.165) is 87.2 Å². The van der Waals surface area contributed by atoms with Gasteiger partial charge in [0.1, 0.15) is 39.3 Å². The van der Waals surface area contributed by atoms with Crippen LogP contribution in [0.15, 0.2) is 0 Å². The normalized spacial score (nSPS) is 18.7. The highest BCUT2D eigenvalue weighted by atomic mass is 32.3. The fourth-order valence-electron chi connectivity index (χ4n) is 4.61. The topological polar surface area (TPSA) is 192 Å². The maximum atomic E-state index is 11.4. The van der Waals surface area contributed by atoms with Crippen molar-refractivity contribution in [3.8, 4) is 0 Å². The van der Waals surface area contributed by atoms with E-state index in [1.54, 1.807) is 0 Å². The molecule has 2 saturated heterocycles. The number of hydrogen-bond acceptors (Lipinski definition) is 11. The van der Waals surface area contributed by atoms with Crippen molar-refractivity contribution in [3.05, 3.63) is 8.25 Å². The Morgan fingerprint density at radius 3 is 0.909 bits per heavy atom. The third-order valence-electron chi connectivity index (χ3n) is 7.79. The van der Waals surface area contributed by atoms with Crippen molar-refractivity contribution in [3.63, 3.8) is 0 Å². The number of halogens is 12. The fraction of sp³-hybridized carbons (Fsp3) is 1.00. The second-order valence-corrected chi connectivity index (χ2v) is 18.7. The third-order valence-corrected chi connectivity index (χ3v) is 13.3. The number of quaternary nitrogens is 2. The Morgan fingerprint density at radius 2 is 0.709 bits per heavy atom. The number of nitrogens with zero attached hydrogens (tertiary/aromatic N) is 4. The number of unbranched alkanes of at least 4 members (excludes halogenated alkanes) is 2. The van der Waals surface area contributed by atoms with Crippen LogP contribution < -0.4 is 0 Å². The van der Waals surface area contributed by atoms with Crippen molar-refractivity contribution in [1.82, 2.24) is 0 Å². The number of ether oxygens (including phenoxy) is 3. The van der Waals surface area contributed by atoms with Crippen LogP contribution in [-0.4, -0.2) is 157 Å². The zero-order chi connectivity index (χ0) is 43.3. The Labute approximate surface area is 311 Å². The second kappa shape index (κ2) is 21.1. The summed E-state index contributed by atoms with van der Waals surface area (Å²) in [7, 11) is -26.9. The van der Waals surface area contributed by atoms with Crippen molar-refractivity contribution in [1.29, 1.82) is 0 Å². The molecule has 31 heteroatoms. The summed E-state index contributed by atoms with van der Waals surface area (Å²) < 4.78 is 238. The molecule has 0 unspecified atom stereocenters. The van der Waals surface area contributed by atoms with Crippen LogP contribution in [0.1, 0.15) is 39.5 Å². The molecule has 0 aromatic heterocycles. The Hall–Kier alpha value is -1.32. The van der Waals surface area contributed by atoms with Crippen LogP contribution in [0.2, 0.25) is 0 Å². The first-order valence-corrected chi connectivity index (χ1v) is 21.6. The van der Waals surface area contributed by atoms with Crippen molar-refractivity contribution in [2.75, 3.05) is 92.0 Å². The van der Waals surface area contributed by atoms with Gasteiger partial charge in [-0.2, -0.15) is 52.7 Å². The summed E-state index contributed by atoms with van der Waals surface area (Å²) in [6, 6.07) is 0. The lowest BCUT2D eigenvalue weighted by Gasteiger charge is -2.42. The Morgan fingerprint density at radius 1 is 0.473 bits per heavy atom. The molecular weight excluding hydrogens is 877 g/mol. The van der Waals surface area contributed by atoms with Crippen molar-refractivity contribution < 1.29 is 110 Å². The Kier molecular flexibility index (Phi) is 20.6. The first-order chi connectivity index (χ1) is 24.7. The van der Waals surface area contributed by atoms with Gasteiger partial charge < -0.3 is 31.4 Å². The van der Waals surface area contributed by atoms with Crippen LogP contribution >= 0.6 is 0 Å². The van der Waals surface area contributed by atoms with Crippen molar-refractivity contribution in [2.45, 2.75) is 61.6 Å². The lowest BCUT2D eigenvalue weighted by atomic mass is 10.2. The van der Waals surface area contributed by atoms with Crippen LogP contribution in [-0.2, 0) is 54.3 Å². The first kappa shape index (κ1) is 53.7. The number of rotatable bonds is 16. The number of morpholine rings is 2. The van der Waals surface area contributed by atoms with Crippen molar-refractivity contribution >= 4 is 40.1 Å². The van der Waals surface area contributed by atoms with Gasteiger partial charge >= 0.3 is 22.0 Å². The predicted molar refractivity (Wildman–Crippen MR) is 168 cm³/mol. The van der Waals surface area contributed by atoms with Crippen molar-refractivity contribution in [2.24, 2.45) is 0 Å². The highest BCUT2D eigenvalue weighted by Crippen LogP contribution is 2.37. The molecule has 0 aliphatic carbocycles. The van der Waals surface area contributed by atoms with Gasteiger partial charge in [-0.15, -0.1) is 0 Å². The predicted octanol–water partition coefficient (Wildman–Crippen LogP) is 4.42. The standard InChI is InChI=1S/C20H42N2O3.2C2F6NO4S2/c1-3-5-7-21(9-15-23-16-10-21)13-19-25-20-14-22(8-6-4-2)11-17-24-18-12-22;2*3-1(4,5)14(10,11)9-15(12,13)2(6,7)8/h3-20H2,1-2H3;;/q+2;2*-1. The molecule has 0 bridgehead atoms. The van der Waals surface area contributed by atoms with Gasteiger partial charge in [0, 0.05) is 0 Å². The maximum absolute atomic E-state index is 11.4. The number of hydrogen-bond donors (Lipinski definition) is 0. The molecule has 0 aromatic rings. The molecule has 0 aromatic carbocycles. The summed E-state index contributed by atoms with van der Waals surface area (Å²) in [5.41, 5.74) is -24.8. The van der Waals surface area contributed by atoms with Gasteiger partial charge in [0.25, 0.3) is 0 Å². The summed E-state index contributed by atoms with van der Waals surface area (Å²) in [5, 5.41) is 0. The minimum absolute atomic E-state index is 0.778. The van der Waals surface area contributed by atoms with Gasteiger partial charge in [-0.1, -0.05) is 26.7 Å². The van der Waals surface area contributed by atoms with E-state index in [1.807, 2.05) is 0 Å². The summed E-state index contributed by atoms with van der Waals surface area (Å²) >= 11 is 0. The van der Waals surface area contributed by atoms with E-state index in [0.29, 0.717) is 0 Å². The smallest absolute Gasteiger partial charge is 0.421 e. The maximum Gasteiger partial charge on any atom is 0.480 e. The molecule has 2 fully saturated rings. The van der Waals surface area contributed by atoms with Crippen LogP contribution in [0.5, 0.6) is 0 Å². The van der Waals surface area contributed by atoms with Crippen LogP contribution in [0.25, 0.3) is 8.25 Å². The quantitative estimate of drug-likeness (QED) is 0.121. The monoisotopic (exact) mass is 918 g/mol. The lowest BCUT2D eigenvalue weighted by molar-refractivity contribution is -0.938. The molecule has 2 aliphatic heterocycles. The van der Waals surface area contributed by atoms with Gasteiger partial charge in [0.15, 0.2) is 40.1 Å². The fourth-order valence-corrected chi connectivity index (χ4v) is 8.03. The zero-order valence-corrected chi connectivity index (χ0v) is 32.4. The number of sulfonamides is 4. The minimum Gasteiger partial charge on any atom is -0.421 e. The molecule has 15 nitrogen and oxygen atoms in total. The molecule has 0 atom stereocenters. The van der Waals surface area contributed by atoms with E-state index >= 15 is 0 Å². The molecule has 0 saturated carbocycles. The van der Waals surface area contributed by atoms with Gasteiger partial charge in [-0.05, 0) is 12.8 Å². The van der Waals surface area contributed by atoms with E-state index < -0.39 is 62.1 Å². The van der Waals surface area contributed by atoms with Crippen LogP contribution in [0.3, 0.4) is 0 Å². The average molecular weight is 919 g/mol. The molecular formula is C24H42F12N4O11S4. The highest BCUT2D eigenvalue weighted by molar-refractivity contribution is 8.13. The number of alkyl halides is 12.